The van der Waals surface area contributed by atoms with E-state index in [0.29, 0.717) is 11.5 Å². The molecular weight excluding hydrogens is 266 g/mol. The summed E-state index contributed by atoms with van der Waals surface area (Å²) in [4.78, 5) is 4.59. The van der Waals surface area contributed by atoms with E-state index in [1.165, 1.54) is 50.1 Å². The third-order valence-corrected chi connectivity index (χ3v) is 6.81. The van der Waals surface area contributed by atoms with Crippen LogP contribution in [0.5, 0.6) is 0 Å². The lowest BCUT2D eigenvalue weighted by molar-refractivity contribution is -0.0602. The Hall–Kier alpha value is -0.640. The van der Waals surface area contributed by atoms with Gasteiger partial charge in [0.15, 0.2) is 0 Å². The first-order valence-corrected chi connectivity index (χ1v) is 9.03. The molecule has 0 spiro atoms. The Labute approximate surface area is 125 Å². The van der Waals surface area contributed by atoms with Gasteiger partial charge in [-0.1, -0.05) is 6.92 Å². The van der Waals surface area contributed by atoms with Gasteiger partial charge >= 0.3 is 0 Å². The second-order valence-corrected chi connectivity index (χ2v) is 8.27. The number of nitrogens with zero attached hydrogens (tertiary/aromatic N) is 2. The molecule has 20 heavy (non-hydrogen) atoms. The van der Waals surface area contributed by atoms with Gasteiger partial charge in [-0.3, -0.25) is 0 Å². The highest BCUT2D eigenvalue weighted by molar-refractivity contribution is 7.09. The van der Waals surface area contributed by atoms with Gasteiger partial charge in [-0.05, 0) is 68.6 Å². The van der Waals surface area contributed by atoms with Crippen LogP contribution in [0.1, 0.15) is 58.2 Å². The maximum Gasteiger partial charge on any atom is 0.202 e. The first-order valence-electron chi connectivity index (χ1n) is 8.26. The molecule has 1 atom stereocenters. The first kappa shape index (κ1) is 13.1. The molecule has 3 nitrogen and oxygen atoms in total. The Morgan fingerprint density at radius 3 is 2.30 bits per heavy atom. The molecule has 0 aromatic carbocycles. The molecule has 0 amide bonds. The Bertz CT molecular complexity index is 460. The number of hydrogen-bond donors (Lipinski definition) is 1. The smallest absolute Gasteiger partial charge is 0.202 e. The van der Waals surface area contributed by atoms with E-state index >= 15 is 0 Å². The molecule has 1 N–H and O–H groups in total. The quantitative estimate of drug-likeness (QED) is 0.907. The van der Waals surface area contributed by atoms with Crippen molar-refractivity contribution in [3.63, 3.8) is 0 Å². The normalized spacial score (nSPS) is 40.0. The zero-order chi connectivity index (χ0) is 13.7. The molecule has 4 aliphatic carbocycles. The lowest BCUT2D eigenvalue weighted by Gasteiger charge is -2.59. The van der Waals surface area contributed by atoms with Gasteiger partial charge in [0.2, 0.25) is 5.13 Å². The minimum absolute atomic E-state index is 0.548. The van der Waals surface area contributed by atoms with Gasteiger partial charge in [-0.15, -0.1) is 0 Å². The molecule has 110 valence electrons. The third kappa shape index (κ3) is 2.07. The maximum absolute atomic E-state index is 4.59. The Balaban J connectivity index is 1.51. The zero-order valence-corrected chi connectivity index (χ0v) is 13.4. The first-order chi connectivity index (χ1) is 9.67. The largest absolute Gasteiger partial charge is 0.357 e. The second-order valence-electron chi connectivity index (χ2n) is 7.52. The summed E-state index contributed by atoms with van der Waals surface area (Å²) in [6.07, 6.45) is 9.84. The van der Waals surface area contributed by atoms with Crippen molar-refractivity contribution in [1.29, 1.82) is 0 Å². The van der Waals surface area contributed by atoms with E-state index < -0.39 is 0 Å². The van der Waals surface area contributed by atoms with Gasteiger partial charge in [0.25, 0.3) is 0 Å². The van der Waals surface area contributed by atoms with Crippen LogP contribution in [-0.2, 0) is 6.42 Å². The van der Waals surface area contributed by atoms with Crippen LogP contribution in [0.15, 0.2) is 0 Å². The van der Waals surface area contributed by atoms with Gasteiger partial charge in [0.05, 0.1) is 0 Å². The summed E-state index contributed by atoms with van der Waals surface area (Å²) in [6.45, 7) is 4.51. The van der Waals surface area contributed by atoms with Crippen LogP contribution in [0.3, 0.4) is 0 Å². The molecule has 1 aromatic heterocycles. The topological polar surface area (TPSA) is 37.8 Å². The minimum atomic E-state index is 0.548. The third-order valence-electron chi connectivity index (χ3n) is 6.13. The van der Waals surface area contributed by atoms with Crippen molar-refractivity contribution in [1.82, 2.24) is 9.36 Å². The summed E-state index contributed by atoms with van der Waals surface area (Å²) in [5.41, 5.74) is 0.548. The molecule has 4 fully saturated rings. The fourth-order valence-electron chi connectivity index (χ4n) is 5.50. The van der Waals surface area contributed by atoms with E-state index in [9.17, 15) is 0 Å². The maximum atomic E-state index is 4.59. The number of aromatic nitrogens is 2. The van der Waals surface area contributed by atoms with Crippen LogP contribution in [-0.4, -0.2) is 15.4 Å². The standard InChI is InChI=1S/C16H25N3S/c1-3-14-18-15(20-19-14)17-10(2)16-7-11-4-12(8-16)6-13(5-11)9-16/h10-13H,3-9H2,1-2H3,(H,17,18,19). The van der Waals surface area contributed by atoms with Crippen molar-refractivity contribution < 1.29 is 0 Å². The van der Waals surface area contributed by atoms with Crippen molar-refractivity contribution in [2.45, 2.75) is 64.8 Å². The molecule has 4 aliphatic rings. The molecule has 4 heteroatoms. The molecular formula is C16H25N3S. The van der Waals surface area contributed by atoms with Gasteiger partial charge < -0.3 is 5.32 Å². The molecule has 4 saturated carbocycles. The second kappa shape index (κ2) is 4.69. The fraction of sp³-hybridized carbons (Fsp3) is 0.875. The molecule has 0 aliphatic heterocycles. The lowest BCUT2D eigenvalue weighted by Crippen LogP contribution is -2.52. The summed E-state index contributed by atoms with van der Waals surface area (Å²) < 4.78 is 4.40. The summed E-state index contributed by atoms with van der Waals surface area (Å²) in [7, 11) is 0. The van der Waals surface area contributed by atoms with Crippen LogP contribution in [0.25, 0.3) is 0 Å². The molecule has 5 rings (SSSR count). The van der Waals surface area contributed by atoms with Crippen molar-refractivity contribution in [2.75, 3.05) is 5.32 Å². The SMILES string of the molecule is CCc1nsc(NC(C)C23CC4CC(CC(C4)C2)C3)n1. The van der Waals surface area contributed by atoms with Gasteiger partial charge in [0, 0.05) is 24.0 Å². The minimum Gasteiger partial charge on any atom is -0.357 e. The van der Waals surface area contributed by atoms with E-state index in [2.05, 4.69) is 28.5 Å². The molecule has 0 saturated heterocycles. The summed E-state index contributed by atoms with van der Waals surface area (Å²) in [6, 6.07) is 0.550. The Morgan fingerprint density at radius 2 is 1.80 bits per heavy atom. The van der Waals surface area contributed by atoms with Crippen LogP contribution in [0.2, 0.25) is 0 Å². The highest BCUT2D eigenvalue weighted by Crippen LogP contribution is 2.61. The number of nitrogens with one attached hydrogen (secondary N) is 1. The Kier molecular flexibility index (Phi) is 3.06. The average Bonchev–Trinajstić information content (AvgIpc) is 2.85. The number of rotatable bonds is 4. The van der Waals surface area contributed by atoms with Gasteiger partial charge in [-0.25, -0.2) is 4.98 Å². The van der Waals surface area contributed by atoms with E-state index in [-0.39, 0.29) is 0 Å². The monoisotopic (exact) mass is 291 g/mol. The fourth-order valence-corrected chi connectivity index (χ4v) is 6.24. The van der Waals surface area contributed by atoms with Crippen molar-refractivity contribution >= 4 is 16.7 Å². The number of anilines is 1. The van der Waals surface area contributed by atoms with E-state index in [4.69, 9.17) is 0 Å². The average molecular weight is 291 g/mol. The number of hydrogen-bond acceptors (Lipinski definition) is 4. The van der Waals surface area contributed by atoms with E-state index in [1.54, 1.807) is 0 Å². The predicted octanol–water partition coefficient (Wildman–Crippen LogP) is 4.12. The molecule has 0 radical (unpaired) electrons. The van der Waals surface area contributed by atoms with Crippen molar-refractivity contribution in [3.8, 4) is 0 Å². The van der Waals surface area contributed by atoms with E-state index in [0.717, 1.165) is 35.1 Å². The predicted molar refractivity (Wildman–Crippen MR) is 83.0 cm³/mol. The zero-order valence-electron chi connectivity index (χ0n) is 12.6. The van der Waals surface area contributed by atoms with Crippen LogP contribution < -0.4 is 5.32 Å². The van der Waals surface area contributed by atoms with Crippen LogP contribution in [0.4, 0.5) is 5.13 Å². The van der Waals surface area contributed by atoms with Crippen molar-refractivity contribution in [3.05, 3.63) is 5.82 Å². The summed E-state index contributed by atoms with van der Waals surface area (Å²) in [5, 5.41) is 4.73. The van der Waals surface area contributed by atoms with Crippen molar-refractivity contribution in [2.24, 2.45) is 23.2 Å². The molecule has 1 unspecified atom stereocenters. The van der Waals surface area contributed by atoms with E-state index in [1.807, 2.05) is 0 Å². The van der Waals surface area contributed by atoms with Crippen LogP contribution >= 0.6 is 11.5 Å². The van der Waals surface area contributed by atoms with Gasteiger partial charge in [-0.2, -0.15) is 4.37 Å². The summed E-state index contributed by atoms with van der Waals surface area (Å²) in [5.74, 6) is 4.04. The molecule has 1 aromatic rings. The number of aryl methyl sites for hydroxylation is 1. The van der Waals surface area contributed by atoms with Crippen LogP contribution in [0, 0.1) is 23.2 Å². The lowest BCUT2D eigenvalue weighted by atomic mass is 9.48. The highest BCUT2D eigenvalue weighted by Gasteiger charge is 2.53. The molecule has 4 bridgehead atoms. The Morgan fingerprint density at radius 1 is 1.20 bits per heavy atom. The van der Waals surface area contributed by atoms with Gasteiger partial charge in [0.1, 0.15) is 5.82 Å². The molecule has 1 heterocycles. The summed E-state index contributed by atoms with van der Waals surface area (Å²) >= 11 is 1.53. The highest BCUT2D eigenvalue weighted by atomic mass is 32.1.